The van der Waals surface area contributed by atoms with Crippen LogP contribution in [-0.4, -0.2) is 10.1 Å². The molecule has 0 bridgehead atoms. The van der Waals surface area contributed by atoms with Crippen molar-refractivity contribution >= 4 is 11.6 Å². The minimum absolute atomic E-state index is 0.0647. The smallest absolute Gasteiger partial charge is 0.387 e. The molecule has 1 aromatic rings. The quantitative estimate of drug-likeness (QED) is 0.704. The Balaban J connectivity index is 2.62. The Labute approximate surface area is 88.7 Å². The highest BCUT2D eigenvalue weighted by Crippen LogP contribution is 2.40. The predicted molar refractivity (Wildman–Crippen MR) is 47.5 cm³/mol. The molecule has 0 aromatic carbocycles. The van der Waals surface area contributed by atoms with Gasteiger partial charge in [0.15, 0.2) is 0 Å². The number of halogens is 4. The first-order valence-electron chi connectivity index (χ1n) is 4.34. The van der Waals surface area contributed by atoms with Crippen molar-refractivity contribution < 1.29 is 18.3 Å². The highest BCUT2D eigenvalue weighted by Gasteiger charge is 2.38. The van der Waals surface area contributed by atoms with Crippen LogP contribution in [0.25, 0.3) is 0 Å². The van der Waals surface area contributed by atoms with Gasteiger partial charge in [-0.1, -0.05) is 11.6 Å². The van der Waals surface area contributed by atoms with Gasteiger partial charge in [-0.3, -0.25) is 0 Å². The monoisotopic (exact) mass is 237 g/mol. The molecule has 15 heavy (non-hydrogen) atoms. The van der Waals surface area contributed by atoms with Crippen molar-refractivity contribution in [3.05, 3.63) is 28.0 Å². The Morgan fingerprint density at radius 2 is 2.13 bits per heavy atom. The first-order valence-corrected chi connectivity index (χ1v) is 4.72. The van der Waals surface area contributed by atoms with Gasteiger partial charge in [0.2, 0.25) is 0 Å². The van der Waals surface area contributed by atoms with E-state index >= 15 is 0 Å². The average molecular weight is 238 g/mol. The molecule has 2 rings (SSSR count). The fraction of sp³-hybridized carbons (Fsp3) is 0.444. The Hall–Kier alpha value is -0.810. The maximum Gasteiger partial charge on any atom is 0.416 e. The van der Waals surface area contributed by atoms with Crippen LogP contribution in [0.1, 0.15) is 29.3 Å². The summed E-state index contributed by atoms with van der Waals surface area (Å²) >= 11 is 5.48. The molecule has 0 saturated heterocycles. The van der Waals surface area contributed by atoms with Gasteiger partial charge in [0, 0.05) is 0 Å². The van der Waals surface area contributed by atoms with Gasteiger partial charge >= 0.3 is 6.18 Å². The van der Waals surface area contributed by atoms with Crippen molar-refractivity contribution in [2.75, 3.05) is 0 Å². The topological polar surface area (TPSA) is 33.1 Å². The van der Waals surface area contributed by atoms with Crippen molar-refractivity contribution in [3.63, 3.8) is 0 Å². The molecular weight excluding hydrogens is 231 g/mol. The van der Waals surface area contributed by atoms with Crippen LogP contribution in [0.4, 0.5) is 13.2 Å². The van der Waals surface area contributed by atoms with E-state index in [0.29, 0.717) is 0 Å². The van der Waals surface area contributed by atoms with Gasteiger partial charge in [0.05, 0.1) is 17.4 Å². The van der Waals surface area contributed by atoms with E-state index in [1.807, 2.05) is 0 Å². The van der Waals surface area contributed by atoms with E-state index in [4.69, 9.17) is 11.6 Å². The third kappa shape index (κ3) is 1.81. The Kier molecular flexibility index (Phi) is 2.39. The van der Waals surface area contributed by atoms with E-state index in [2.05, 4.69) is 4.98 Å². The van der Waals surface area contributed by atoms with Gasteiger partial charge < -0.3 is 5.11 Å². The fourth-order valence-corrected chi connectivity index (χ4v) is 1.97. The van der Waals surface area contributed by atoms with Crippen molar-refractivity contribution in [1.29, 1.82) is 0 Å². The summed E-state index contributed by atoms with van der Waals surface area (Å²) in [7, 11) is 0. The molecule has 1 unspecified atom stereocenters. The maximum atomic E-state index is 12.6. The molecule has 1 aliphatic rings. The van der Waals surface area contributed by atoms with Crippen LogP contribution in [0.15, 0.2) is 6.07 Å². The lowest BCUT2D eigenvalue weighted by molar-refractivity contribution is -0.138. The first kappa shape index (κ1) is 10.7. The zero-order valence-electron chi connectivity index (χ0n) is 7.48. The standard InChI is InChI=1S/C9H7ClF3NO/c10-7-3-5(9(11,12)13)4-1-2-6(15)8(4)14-7/h3,6,15H,1-2H2. The van der Waals surface area contributed by atoms with Crippen LogP contribution in [0, 0.1) is 0 Å². The number of aliphatic hydroxyl groups excluding tert-OH is 1. The number of hydrogen-bond acceptors (Lipinski definition) is 2. The molecule has 0 fully saturated rings. The van der Waals surface area contributed by atoms with Gasteiger partial charge in [-0.15, -0.1) is 0 Å². The zero-order chi connectivity index (χ0) is 11.2. The summed E-state index contributed by atoms with van der Waals surface area (Å²) in [6, 6.07) is 0.804. The van der Waals surface area contributed by atoms with E-state index in [0.717, 1.165) is 6.07 Å². The Morgan fingerprint density at radius 3 is 2.73 bits per heavy atom. The molecule has 1 aromatic heterocycles. The molecule has 0 aliphatic heterocycles. The van der Waals surface area contributed by atoms with Crippen molar-refractivity contribution in [3.8, 4) is 0 Å². The number of aliphatic hydroxyl groups is 1. The number of nitrogens with zero attached hydrogens (tertiary/aromatic N) is 1. The number of fused-ring (bicyclic) bond motifs is 1. The van der Waals surface area contributed by atoms with Crippen molar-refractivity contribution in [2.24, 2.45) is 0 Å². The normalized spacial score (nSPS) is 20.5. The highest BCUT2D eigenvalue weighted by molar-refractivity contribution is 6.29. The summed E-state index contributed by atoms with van der Waals surface area (Å²) < 4.78 is 37.7. The fourth-order valence-electron chi connectivity index (χ4n) is 1.77. The minimum atomic E-state index is -4.44. The number of aromatic nitrogens is 1. The minimum Gasteiger partial charge on any atom is -0.387 e. The van der Waals surface area contributed by atoms with Crippen LogP contribution in [0.3, 0.4) is 0 Å². The lowest BCUT2D eigenvalue weighted by Crippen LogP contribution is -2.10. The summed E-state index contributed by atoms with van der Waals surface area (Å²) in [6.07, 6.45) is -4.91. The second-order valence-corrected chi connectivity index (χ2v) is 3.80. The molecule has 1 aliphatic carbocycles. The highest BCUT2D eigenvalue weighted by atomic mass is 35.5. The molecule has 1 heterocycles. The lowest BCUT2D eigenvalue weighted by atomic mass is 10.1. The van der Waals surface area contributed by atoms with Gasteiger partial charge in [0.25, 0.3) is 0 Å². The molecular formula is C9H7ClF3NO. The third-order valence-electron chi connectivity index (χ3n) is 2.41. The van der Waals surface area contributed by atoms with Crippen molar-refractivity contribution in [2.45, 2.75) is 25.1 Å². The zero-order valence-corrected chi connectivity index (χ0v) is 8.23. The number of pyridine rings is 1. The molecule has 1 atom stereocenters. The SMILES string of the molecule is OC1CCc2c(C(F)(F)F)cc(Cl)nc21. The van der Waals surface area contributed by atoms with Gasteiger partial charge in [0.1, 0.15) is 5.15 Å². The van der Waals surface area contributed by atoms with E-state index in [1.54, 1.807) is 0 Å². The largest absolute Gasteiger partial charge is 0.416 e. The summed E-state index contributed by atoms with van der Waals surface area (Å²) in [5.74, 6) is 0. The Bertz CT molecular complexity index is 405. The second kappa shape index (κ2) is 3.35. The Morgan fingerprint density at radius 1 is 1.47 bits per heavy atom. The number of alkyl halides is 3. The molecule has 0 spiro atoms. The summed E-state index contributed by atoms with van der Waals surface area (Å²) in [5, 5.41) is 9.17. The van der Waals surface area contributed by atoms with E-state index < -0.39 is 17.8 Å². The lowest BCUT2D eigenvalue weighted by Gasteiger charge is -2.12. The van der Waals surface area contributed by atoms with Crippen molar-refractivity contribution in [1.82, 2.24) is 4.98 Å². The number of hydrogen-bond donors (Lipinski definition) is 1. The predicted octanol–water partition coefficient (Wildman–Crippen LogP) is 2.73. The van der Waals surface area contributed by atoms with E-state index in [9.17, 15) is 18.3 Å². The average Bonchev–Trinajstić information content (AvgIpc) is 2.45. The molecule has 2 nitrogen and oxygen atoms in total. The molecule has 1 N–H and O–H groups in total. The number of rotatable bonds is 0. The molecule has 0 saturated carbocycles. The first-order chi connectivity index (χ1) is 6.89. The second-order valence-electron chi connectivity index (χ2n) is 3.41. The van der Waals surface area contributed by atoms with Crippen LogP contribution < -0.4 is 0 Å². The third-order valence-corrected chi connectivity index (χ3v) is 2.61. The van der Waals surface area contributed by atoms with Gasteiger partial charge in [-0.25, -0.2) is 4.98 Å². The van der Waals surface area contributed by atoms with Crippen LogP contribution in [-0.2, 0) is 12.6 Å². The van der Waals surface area contributed by atoms with Crippen LogP contribution in [0.2, 0.25) is 5.15 Å². The summed E-state index contributed by atoms with van der Waals surface area (Å²) in [6.45, 7) is 0. The van der Waals surface area contributed by atoms with E-state index in [-0.39, 0.29) is 29.3 Å². The molecule has 82 valence electrons. The van der Waals surface area contributed by atoms with Crippen LogP contribution >= 0.6 is 11.6 Å². The summed E-state index contributed by atoms with van der Waals surface area (Å²) in [4.78, 5) is 3.72. The molecule has 6 heteroatoms. The maximum absolute atomic E-state index is 12.6. The molecule has 0 amide bonds. The van der Waals surface area contributed by atoms with Gasteiger partial charge in [-0.05, 0) is 24.5 Å². The van der Waals surface area contributed by atoms with Crippen LogP contribution in [0.5, 0.6) is 0 Å². The molecule has 0 radical (unpaired) electrons. The summed E-state index contributed by atoms with van der Waals surface area (Å²) in [5.41, 5.74) is -0.650. The van der Waals surface area contributed by atoms with Gasteiger partial charge in [-0.2, -0.15) is 13.2 Å². The van der Waals surface area contributed by atoms with E-state index in [1.165, 1.54) is 0 Å².